The predicted octanol–water partition coefficient (Wildman–Crippen LogP) is 0.316. The van der Waals surface area contributed by atoms with E-state index in [1.54, 1.807) is 29.2 Å². The van der Waals surface area contributed by atoms with E-state index in [1.165, 1.54) is 4.90 Å². The highest BCUT2D eigenvalue weighted by Crippen LogP contribution is 2.29. The van der Waals surface area contributed by atoms with Gasteiger partial charge in [-0.3, -0.25) is 9.59 Å². The Morgan fingerprint density at radius 2 is 1.83 bits per heavy atom. The fourth-order valence-corrected chi connectivity index (χ4v) is 3.84. The number of hydrogen-bond donors (Lipinski definition) is 1. The van der Waals surface area contributed by atoms with Crippen molar-refractivity contribution in [3.63, 3.8) is 0 Å². The van der Waals surface area contributed by atoms with Gasteiger partial charge in [-0.15, -0.1) is 0 Å². The van der Waals surface area contributed by atoms with Crippen LogP contribution in [0.4, 0.5) is 5.69 Å². The molecule has 8 heteroatoms. The summed E-state index contributed by atoms with van der Waals surface area (Å²) in [7, 11) is -3.78. The van der Waals surface area contributed by atoms with Crippen molar-refractivity contribution in [2.24, 2.45) is 5.14 Å². The number of likely N-dealkylation sites (tertiary alicyclic amines) is 1. The van der Waals surface area contributed by atoms with Crippen LogP contribution in [0.25, 0.3) is 0 Å². The number of rotatable bonds is 3. The fraction of sp³-hybridized carbons (Fsp3) is 0.467. The smallest absolute Gasteiger partial charge is 0.255 e. The van der Waals surface area contributed by atoms with Crippen molar-refractivity contribution in [2.75, 3.05) is 24.5 Å². The molecule has 23 heavy (non-hydrogen) atoms. The molecule has 2 aliphatic rings. The number of nitrogens with two attached hydrogens (primary N) is 1. The van der Waals surface area contributed by atoms with Gasteiger partial charge in [-0.2, -0.15) is 0 Å². The maximum Gasteiger partial charge on any atom is 0.255 e. The van der Waals surface area contributed by atoms with Crippen LogP contribution >= 0.6 is 0 Å². The number of carbonyl (C=O) groups excluding carboxylic acids is 2. The summed E-state index contributed by atoms with van der Waals surface area (Å²) in [6.45, 7) is 1.41. The van der Waals surface area contributed by atoms with Gasteiger partial charge in [-0.05, 0) is 25.0 Å². The summed E-state index contributed by atoms with van der Waals surface area (Å²) >= 11 is 0. The van der Waals surface area contributed by atoms with Crippen molar-refractivity contribution >= 4 is 27.5 Å². The van der Waals surface area contributed by atoms with E-state index in [0.717, 1.165) is 12.8 Å². The van der Waals surface area contributed by atoms with E-state index in [1.807, 2.05) is 0 Å². The van der Waals surface area contributed by atoms with Gasteiger partial charge in [-0.1, -0.05) is 12.1 Å². The van der Waals surface area contributed by atoms with E-state index < -0.39 is 15.3 Å². The fourth-order valence-electron chi connectivity index (χ4n) is 3.11. The summed E-state index contributed by atoms with van der Waals surface area (Å²) in [5, 5.41) is 4.23. The molecule has 2 fully saturated rings. The highest BCUT2D eigenvalue weighted by molar-refractivity contribution is 7.89. The van der Waals surface area contributed by atoms with E-state index in [-0.39, 0.29) is 24.8 Å². The number of nitrogens with zero attached hydrogens (tertiary/aromatic N) is 2. The Balaban J connectivity index is 1.91. The number of para-hydroxylation sites is 1. The van der Waals surface area contributed by atoms with Crippen LogP contribution in [0.3, 0.4) is 0 Å². The van der Waals surface area contributed by atoms with Crippen molar-refractivity contribution in [2.45, 2.75) is 24.5 Å². The van der Waals surface area contributed by atoms with Crippen LogP contribution in [0.1, 0.15) is 29.6 Å². The molecule has 0 saturated carbocycles. The average Bonchev–Trinajstić information content (AvgIpc) is 3.15. The van der Waals surface area contributed by atoms with E-state index in [2.05, 4.69) is 0 Å². The maximum absolute atomic E-state index is 12.7. The third-order valence-corrected chi connectivity index (χ3v) is 5.62. The molecule has 7 nitrogen and oxygen atoms in total. The van der Waals surface area contributed by atoms with E-state index in [9.17, 15) is 18.0 Å². The standard InChI is InChI=1S/C15H19N3O4S/c16-23(21,22)11-9-14(19)18(10-11)13-6-2-1-5-12(13)15(20)17-7-3-4-8-17/h1-2,5-6,11H,3-4,7-10H2,(H2,16,21,22). The molecule has 2 heterocycles. The molecule has 2 amide bonds. The van der Waals surface area contributed by atoms with Gasteiger partial charge in [0.1, 0.15) is 5.25 Å². The normalized spacial score (nSPS) is 22.0. The zero-order chi connectivity index (χ0) is 16.6. The number of amides is 2. The topological polar surface area (TPSA) is 101 Å². The first-order valence-corrected chi connectivity index (χ1v) is 9.19. The zero-order valence-corrected chi connectivity index (χ0v) is 13.5. The first-order chi connectivity index (χ1) is 10.9. The summed E-state index contributed by atoms with van der Waals surface area (Å²) in [4.78, 5) is 28.0. The second-order valence-corrected chi connectivity index (χ2v) is 7.78. The van der Waals surface area contributed by atoms with Crippen LogP contribution < -0.4 is 10.0 Å². The molecule has 1 aromatic carbocycles. The monoisotopic (exact) mass is 337 g/mol. The van der Waals surface area contributed by atoms with Crippen LogP contribution in [0.15, 0.2) is 24.3 Å². The molecular formula is C15H19N3O4S. The van der Waals surface area contributed by atoms with Crippen molar-refractivity contribution in [1.82, 2.24) is 4.90 Å². The van der Waals surface area contributed by atoms with Gasteiger partial charge < -0.3 is 9.80 Å². The van der Waals surface area contributed by atoms with E-state index in [0.29, 0.717) is 24.3 Å². The van der Waals surface area contributed by atoms with Gasteiger partial charge in [0.2, 0.25) is 15.9 Å². The second kappa shape index (κ2) is 5.93. The van der Waals surface area contributed by atoms with Crippen LogP contribution in [0, 0.1) is 0 Å². The molecule has 0 bridgehead atoms. The molecule has 2 aliphatic heterocycles. The highest BCUT2D eigenvalue weighted by atomic mass is 32.2. The summed E-state index contributed by atoms with van der Waals surface area (Å²) in [5.74, 6) is -0.448. The molecular weight excluding hydrogens is 318 g/mol. The summed E-state index contributed by atoms with van der Waals surface area (Å²) in [6, 6.07) is 6.82. The minimum Gasteiger partial charge on any atom is -0.339 e. The quantitative estimate of drug-likeness (QED) is 0.858. The predicted molar refractivity (Wildman–Crippen MR) is 85.4 cm³/mol. The van der Waals surface area contributed by atoms with Crippen molar-refractivity contribution in [1.29, 1.82) is 0 Å². The van der Waals surface area contributed by atoms with Crippen molar-refractivity contribution < 1.29 is 18.0 Å². The zero-order valence-electron chi connectivity index (χ0n) is 12.6. The van der Waals surface area contributed by atoms with Crippen LogP contribution in [-0.2, 0) is 14.8 Å². The molecule has 0 aromatic heterocycles. The minimum atomic E-state index is -3.78. The summed E-state index contributed by atoms with van der Waals surface area (Å²) < 4.78 is 23.0. The van der Waals surface area contributed by atoms with E-state index >= 15 is 0 Å². The molecule has 0 spiro atoms. The Morgan fingerprint density at radius 1 is 1.17 bits per heavy atom. The van der Waals surface area contributed by atoms with Crippen LogP contribution in [-0.4, -0.2) is 50.0 Å². The Bertz CT molecular complexity index is 741. The Hall–Kier alpha value is -1.93. The molecule has 2 N–H and O–H groups in total. The van der Waals surface area contributed by atoms with Crippen LogP contribution in [0.5, 0.6) is 0 Å². The summed E-state index contributed by atoms with van der Waals surface area (Å²) in [5.41, 5.74) is 0.887. The lowest BCUT2D eigenvalue weighted by Crippen LogP contribution is -2.34. The maximum atomic E-state index is 12.7. The summed E-state index contributed by atoms with van der Waals surface area (Å²) in [6.07, 6.45) is 1.80. The molecule has 2 saturated heterocycles. The molecule has 1 unspecified atom stereocenters. The van der Waals surface area contributed by atoms with Crippen LogP contribution in [0.2, 0.25) is 0 Å². The molecule has 1 atom stereocenters. The third-order valence-electron chi connectivity index (χ3n) is 4.37. The SMILES string of the molecule is NS(=O)(=O)C1CC(=O)N(c2ccccc2C(=O)N2CCCC2)C1. The Labute approximate surface area is 135 Å². The average molecular weight is 337 g/mol. The number of hydrogen-bond acceptors (Lipinski definition) is 4. The van der Waals surface area contributed by atoms with Gasteiger partial charge in [0.15, 0.2) is 0 Å². The highest BCUT2D eigenvalue weighted by Gasteiger charge is 2.38. The minimum absolute atomic E-state index is 0.0119. The van der Waals surface area contributed by atoms with Crippen molar-refractivity contribution in [3.8, 4) is 0 Å². The van der Waals surface area contributed by atoms with Gasteiger partial charge in [0.25, 0.3) is 5.91 Å². The van der Waals surface area contributed by atoms with Gasteiger partial charge >= 0.3 is 0 Å². The van der Waals surface area contributed by atoms with Gasteiger partial charge in [0, 0.05) is 26.1 Å². The molecule has 3 rings (SSSR count). The molecule has 124 valence electrons. The number of carbonyl (C=O) groups is 2. The van der Waals surface area contributed by atoms with Crippen molar-refractivity contribution in [3.05, 3.63) is 29.8 Å². The lowest BCUT2D eigenvalue weighted by atomic mass is 10.1. The number of anilines is 1. The number of benzene rings is 1. The first kappa shape index (κ1) is 15.9. The third kappa shape index (κ3) is 3.09. The first-order valence-electron chi connectivity index (χ1n) is 7.58. The number of sulfonamides is 1. The number of primary sulfonamides is 1. The molecule has 1 aromatic rings. The lowest BCUT2D eigenvalue weighted by Gasteiger charge is -2.22. The van der Waals surface area contributed by atoms with E-state index in [4.69, 9.17) is 5.14 Å². The Morgan fingerprint density at radius 3 is 2.43 bits per heavy atom. The lowest BCUT2D eigenvalue weighted by molar-refractivity contribution is -0.117. The Kier molecular flexibility index (Phi) is 4.11. The molecule has 0 radical (unpaired) electrons. The van der Waals surface area contributed by atoms with Gasteiger partial charge in [-0.25, -0.2) is 13.6 Å². The largest absolute Gasteiger partial charge is 0.339 e. The van der Waals surface area contributed by atoms with Gasteiger partial charge in [0.05, 0.1) is 11.3 Å². The molecule has 0 aliphatic carbocycles. The second-order valence-electron chi connectivity index (χ2n) is 5.94.